The molecule has 0 radical (unpaired) electrons. The van der Waals surface area contributed by atoms with Crippen LogP contribution < -0.4 is 5.32 Å². The first kappa shape index (κ1) is 15.2. The van der Waals surface area contributed by atoms with Crippen molar-refractivity contribution < 1.29 is 14.4 Å². The molecule has 0 fully saturated rings. The fraction of sp³-hybridized carbons (Fsp3) is 0.143. The smallest absolute Gasteiger partial charge is 0.296 e. The lowest BCUT2D eigenvalue weighted by molar-refractivity contribution is -0.384. The zero-order chi connectivity index (χ0) is 15.6. The Labute approximate surface area is 128 Å². The van der Waals surface area contributed by atoms with E-state index >= 15 is 0 Å². The highest BCUT2D eigenvalue weighted by atomic mass is 79.9. The van der Waals surface area contributed by atoms with Gasteiger partial charge in [0, 0.05) is 6.04 Å². The number of hydrogen-bond acceptors (Lipinski definition) is 4. The van der Waals surface area contributed by atoms with E-state index in [0.29, 0.717) is 4.47 Å². The van der Waals surface area contributed by atoms with Gasteiger partial charge in [-0.05, 0) is 52.7 Å². The second-order valence-electron chi connectivity index (χ2n) is 4.50. The summed E-state index contributed by atoms with van der Waals surface area (Å²) in [7, 11) is 0. The van der Waals surface area contributed by atoms with Gasteiger partial charge in [-0.3, -0.25) is 10.1 Å². The first-order valence-corrected chi connectivity index (χ1v) is 6.86. The summed E-state index contributed by atoms with van der Waals surface area (Å²) in [6, 6.07) is 8.14. The van der Waals surface area contributed by atoms with Gasteiger partial charge in [-0.2, -0.15) is 0 Å². The highest BCUT2D eigenvalue weighted by molar-refractivity contribution is 9.10. The topological polar surface area (TPSA) is 75.4 Å². The molecule has 0 saturated heterocycles. The van der Waals surface area contributed by atoms with Crippen LogP contribution in [0.4, 0.5) is 15.8 Å². The van der Waals surface area contributed by atoms with E-state index in [4.69, 9.17) is 0 Å². The molecule has 21 heavy (non-hydrogen) atoms. The van der Waals surface area contributed by atoms with Crippen molar-refractivity contribution in [2.75, 3.05) is 5.32 Å². The maximum atomic E-state index is 13.2. The second kappa shape index (κ2) is 6.09. The number of hydrogen-bond donors (Lipinski definition) is 2. The number of nitro groups is 1. The number of nitrogens with zero attached hydrogens (tertiary/aromatic N) is 1. The van der Waals surface area contributed by atoms with Crippen LogP contribution in [-0.2, 0) is 0 Å². The third-order valence-corrected chi connectivity index (χ3v) is 3.60. The van der Waals surface area contributed by atoms with Crippen LogP contribution in [0.25, 0.3) is 0 Å². The molecule has 2 aromatic rings. The molecule has 2 rings (SSSR count). The van der Waals surface area contributed by atoms with Gasteiger partial charge in [0.25, 0.3) is 5.69 Å². The highest BCUT2D eigenvalue weighted by Crippen LogP contribution is 2.32. The molecule has 0 bridgehead atoms. The number of phenolic OH excluding ortho intramolecular Hbond substituents is 1. The van der Waals surface area contributed by atoms with E-state index in [1.807, 2.05) is 0 Å². The maximum absolute atomic E-state index is 13.2. The molecule has 5 nitrogen and oxygen atoms in total. The first-order chi connectivity index (χ1) is 9.88. The van der Waals surface area contributed by atoms with Gasteiger partial charge >= 0.3 is 0 Å². The normalized spacial score (nSPS) is 12.0. The molecule has 0 aromatic heterocycles. The van der Waals surface area contributed by atoms with Crippen LogP contribution in [-0.4, -0.2) is 10.0 Å². The molecule has 0 aliphatic carbocycles. The molecule has 2 N–H and O–H groups in total. The van der Waals surface area contributed by atoms with E-state index in [-0.39, 0.29) is 29.0 Å². The standard InChI is InChI=1S/C14H12BrFN2O3/c1-8(9-2-4-12(16)11(15)6-9)17-13-5-3-10(19)7-14(13)18(20)21/h2-8,17,19H,1H3. The van der Waals surface area contributed by atoms with E-state index < -0.39 is 4.92 Å². The van der Waals surface area contributed by atoms with E-state index in [1.54, 1.807) is 19.1 Å². The summed E-state index contributed by atoms with van der Waals surface area (Å²) in [6.07, 6.45) is 0. The van der Waals surface area contributed by atoms with Crippen molar-refractivity contribution in [2.24, 2.45) is 0 Å². The minimum absolute atomic E-state index is 0.176. The van der Waals surface area contributed by atoms with E-state index in [1.165, 1.54) is 18.2 Å². The van der Waals surface area contributed by atoms with Gasteiger partial charge in [-0.25, -0.2) is 4.39 Å². The monoisotopic (exact) mass is 354 g/mol. The van der Waals surface area contributed by atoms with Gasteiger partial charge in [-0.15, -0.1) is 0 Å². The Balaban J connectivity index is 2.29. The highest BCUT2D eigenvalue weighted by Gasteiger charge is 2.17. The van der Waals surface area contributed by atoms with Gasteiger partial charge in [0.2, 0.25) is 0 Å². The third kappa shape index (κ3) is 3.49. The van der Waals surface area contributed by atoms with Crippen LogP contribution in [0.2, 0.25) is 0 Å². The van der Waals surface area contributed by atoms with Gasteiger partial charge in [0.15, 0.2) is 0 Å². The number of anilines is 1. The van der Waals surface area contributed by atoms with Gasteiger partial charge in [0.05, 0.1) is 15.5 Å². The predicted molar refractivity (Wildman–Crippen MR) is 80.9 cm³/mol. The van der Waals surface area contributed by atoms with Crippen molar-refractivity contribution in [1.29, 1.82) is 0 Å². The van der Waals surface area contributed by atoms with Crippen molar-refractivity contribution in [2.45, 2.75) is 13.0 Å². The van der Waals surface area contributed by atoms with E-state index in [9.17, 15) is 19.6 Å². The molecule has 0 spiro atoms. The zero-order valence-corrected chi connectivity index (χ0v) is 12.6. The maximum Gasteiger partial charge on any atom is 0.296 e. The fourth-order valence-corrected chi connectivity index (χ4v) is 2.29. The molecule has 0 aliphatic rings. The number of phenols is 1. The molecule has 0 saturated carbocycles. The Morgan fingerprint density at radius 3 is 2.67 bits per heavy atom. The minimum atomic E-state index is -0.574. The largest absolute Gasteiger partial charge is 0.508 e. The van der Waals surface area contributed by atoms with Crippen molar-refractivity contribution in [3.8, 4) is 5.75 Å². The number of rotatable bonds is 4. The quantitative estimate of drug-likeness (QED) is 0.485. The Hall–Kier alpha value is -2.15. The summed E-state index contributed by atoms with van der Waals surface area (Å²) in [5.74, 6) is -0.550. The summed E-state index contributed by atoms with van der Waals surface area (Å²) in [4.78, 5) is 10.4. The molecule has 2 aromatic carbocycles. The number of aromatic hydroxyl groups is 1. The average Bonchev–Trinajstić information content (AvgIpc) is 2.43. The number of halogens is 2. The molecule has 1 atom stereocenters. The average molecular weight is 355 g/mol. The molecular formula is C14H12BrFN2O3. The van der Waals surface area contributed by atoms with Gasteiger partial charge in [0.1, 0.15) is 17.3 Å². The lowest BCUT2D eigenvalue weighted by Gasteiger charge is -2.16. The lowest BCUT2D eigenvalue weighted by atomic mass is 10.1. The second-order valence-corrected chi connectivity index (χ2v) is 5.35. The summed E-state index contributed by atoms with van der Waals surface area (Å²) in [5, 5.41) is 23.3. The van der Waals surface area contributed by atoms with Crippen molar-refractivity contribution in [3.05, 3.63) is 62.4 Å². The van der Waals surface area contributed by atoms with Gasteiger partial charge < -0.3 is 10.4 Å². The van der Waals surface area contributed by atoms with Crippen molar-refractivity contribution in [1.82, 2.24) is 0 Å². The molecule has 0 heterocycles. The fourth-order valence-electron chi connectivity index (χ4n) is 1.89. The first-order valence-electron chi connectivity index (χ1n) is 6.07. The molecule has 7 heteroatoms. The van der Waals surface area contributed by atoms with Crippen LogP contribution >= 0.6 is 15.9 Å². The van der Waals surface area contributed by atoms with E-state index in [2.05, 4.69) is 21.2 Å². The number of benzene rings is 2. The van der Waals surface area contributed by atoms with Crippen LogP contribution in [0.5, 0.6) is 5.75 Å². The van der Waals surface area contributed by atoms with Crippen LogP contribution in [0.1, 0.15) is 18.5 Å². The Morgan fingerprint density at radius 1 is 1.33 bits per heavy atom. The summed E-state index contributed by atoms with van der Waals surface area (Å²) in [6.45, 7) is 1.80. The number of nitro benzene ring substituents is 1. The molecule has 110 valence electrons. The number of nitrogens with one attached hydrogen (secondary N) is 1. The Morgan fingerprint density at radius 2 is 2.05 bits per heavy atom. The SMILES string of the molecule is CC(Nc1ccc(O)cc1[N+](=O)[O-])c1ccc(F)c(Br)c1. The van der Waals surface area contributed by atoms with Crippen LogP contribution in [0.15, 0.2) is 40.9 Å². The van der Waals surface area contributed by atoms with Gasteiger partial charge in [-0.1, -0.05) is 6.07 Å². The Bertz CT molecular complexity index is 694. The molecule has 1 unspecified atom stereocenters. The van der Waals surface area contributed by atoms with E-state index in [0.717, 1.165) is 11.6 Å². The molecular weight excluding hydrogens is 343 g/mol. The summed E-state index contributed by atoms with van der Waals surface area (Å²) in [5.41, 5.74) is 0.833. The minimum Gasteiger partial charge on any atom is -0.508 e. The third-order valence-electron chi connectivity index (χ3n) is 2.99. The van der Waals surface area contributed by atoms with Crippen LogP contribution in [0, 0.1) is 15.9 Å². The predicted octanol–water partition coefficient (Wildman–Crippen LogP) is 4.38. The zero-order valence-electron chi connectivity index (χ0n) is 11.0. The molecule has 0 amide bonds. The van der Waals surface area contributed by atoms with Crippen molar-refractivity contribution >= 4 is 27.3 Å². The Kier molecular flexibility index (Phi) is 4.42. The summed E-state index contributed by atoms with van der Waals surface area (Å²) < 4.78 is 13.5. The molecule has 0 aliphatic heterocycles. The lowest BCUT2D eigenvalue weighted by Crippen LogP contribution is -2.08. The van der Waals surface area contributed by atoms with Crippen molar-refractivity contribution in [3.63, 3.8) is 0 Å². The van der Waals surface area contributed by atoms with Crippen LogP contribution in [0.3, 0.4) is 0 Å². The summed E-state index contributed by atoms with van der Waals surface area (Å²) >= 11 is 3.10.